The molecule has 54 heavy (non-hydrogen) atoms. The lowest BCUT2D eigenvalue weighted by Crippen LogP contribution is -2.37. The molecule has 0 bridgehead atoms. The fraction of sp³-hybridized carbons (Fsp3) is 0.528. The first-order chi connectivity index (χ1) is 25.3. The standard InChI is InChI=1S/C17H19F3N2O3.C15H17F3O5.C4H10N2/c1-10-7-12(25-9-17(18,19)20)8-11(2)13(10)14-15(23)21-5-3-4-6-22(21)16(14)24;1-8-5-10(23-7-15(16,17)18)6-9(2)11(8)12(13(19)21-3)14(20)22-4;1-2-4-6-5-3-1/h7-8,23H,3-6,9H2,1-2H3;5-6,12H,7H2,1-4H3;5-6H,1-4H2. The Morgan fingerprint density at radius 2 is 1.11 bits per heavy atom. The minimum absolute atomic E-state index is 0.00504. The second kappa shape index (κ2) is 19.1. The molecule has 0 amide bonds. The monoisotopic (exact) mass is 776 g/mol. The summed E-state index contributed by atoms with van der Waals surface area (Å²) in [6.45, 7) is 7.06. The quantitative estimate of drug-likeness (QED) is 0.143. The third kappa shape index (κ3) is 11.9. The van der Waals surface area contributed by atoms with E-state index < -0.39 is 43.4 Å². The smallest absolute Gasteiger partial charge is 0.422 e. The molecule has 0 radical (unpaired) electrons. The van der Waals surface area contributed by atoms with Gasteiger partial charge < -0.3 is 24.1 Å². The molecule has 0 saturated carbocycles. The van der Waals surface area contributed by atoms with Gasteiger partial charge >= 0.3 is 24.3 Å². The second-order valence-electron chi connectivity index (χ2n) is 12.7. The molecule has 0 atom stereocenters. The maximum Gasteiger partial charge on any atom is 0.422 e. The first-order valence-corrected chi connectivity index (χ1v) is 17.0. The zero-order valence-electron chi connectivity index (χ0n) is 30.9. The number of benzene rings is 2. The van der Waals surface area contributed by atoms with Gasteiger partial charge in [-0.2, -0.15) is 26.3 Å². The molecule has 0 spiro atoms. The highest BCUT2D eigenvalue weighted by molar-refractivity contribution is 6.01. The van der Waals surface area contributed by atoms with Crippen molar-refractivity contribution in [3.63, 3.8) is 0 Å². The topological polar surface area (TPSA) is 142 Å². The van der Waals surface area contributed by atoms with Crippen LogP contribution in [0.5, 0.6) is 17.4 Å². The Labute approximate surface area is 308 Å². The van der Waals surface area contributed by atoms with Crippen LogP contribution < -0.4 is 25.9 Å². The van der Waals surface area contributed by atoms with Crippen LogP contribution in [0.4, 0.5) is 26.3 Å². The molecule has 2 aliphatic rings. The molecule has 1 aromatic heterocycles. The third-order valence-corrected chi connectivity index (χ3v) is 8.47. The van der Waals surface area contributed by atoms with E-state index in [1.165, 1.54) is 41.8 Å². The first-order valence-electron chi connectivity index (χ1n) is 17.0. The van der Waals surface area contributed by atoms with Crippen molar-refractivity contribution in [1.82, 2.24) is 20.2 Å². The average molecular weight is 777 g/mol. The average Bonchev–Trinajstić information content (AvgIpc) is 3.36. The molecule has 5 rings (SSSR count). The Kier molecular flexibility index (Phi) is 15.4. The highest BCUT2D eigenvalue weighted by atomic mass is 19.4. The molecule has 0 aliphatic carbocycles. The number of hydrazine groups is 1. The van der Waals surface area contributed by atoms with Crippen LogP contribution in [0.15, 0.2) is 29.1 Å². The van der Waals surface area contributed by atoms with Crippen molar-refractivity contribution in [2.45, 2.75) is 84.7 Å². The van der Waals surface area contributed by atoms with E-state index in [9.17, 15) is 45.8 Å². The summed E-state index contributed by atoms with van der Waals surface area (Å²) in [5.41, 5.74) is 8.83. The molecule has 300 valence electrons. The highest BCUT2D eigenvalue weighted by Crippen LogP contribution is 2.36. The van der Waals surface area contributed by atoms with Crippen LogP contribution in [0, 0.1) is 27.7 Å². The normalized spacial score (nSPS) is 14.2. The Hall–Kier alpha value is -4.71. The number of halogens is 6. The summed E-state index contributed by atoms with van der Waals surface area (Å²) in [5, 5.41) is 10.5. The minimum Gasteiger partial charge on any atom is -0.493 e. The lowest BCUT2D eigenvalue weighted by Gasteiger charge is -2.19. The van der Waals surface area contributed by atoms with Gasteiger partial charge in [0.1, 0.15) is 17.1 Å². The summed E-state index contributed by atoms with van der Waals surface area (Å²) < 4.78 is 95.3. The minimum atomic E-state index is -4.46. The summed E-state index contributed by atoms with van der Waals surface area (Å²) in [4.78, 5) is 36.4. The van der Waals surface area contributed by atoms with Gasteiger partial charge in [-0.05, 0) is 111 Å². The van der Waals surface area contributed by atoms with Crippen molar-refractivity contribution in [1.29, 1.82) is 0 Å². The van der Waals surface area contributed by atoms with Gasteiger partial charge in [-0.25, -0.2) is 4.68 Å². The number of methoxy groups -OCH3 is 2. The second-order valence-corrected chi connectivity index (χ2v) is 12.7. The highest BCUT2D eigenvalue weighted by Gasteiger charge is 2.34. The van der Waals surface area contributed by atoms with Crippen LogP contribution >= 0.6 is 0 Å². The molecule has 3 N–H and O–H groups in total. The van der Waals surface area contributed by atoms with E-state index in [-0.39, 0.29) is 28.5 Å². The Bertz CT molecular complexity index is 1740. The zero-order valence-corrected chi connectivity index (χ0v) is 30.9. The number of esters is 2. The van der Waals surface area contributed by atoms with Crippen molar-refractivity contribution in [2.75, 3.05) is 40.5 Å². The number of alkyl halides is 6. The SMILES string of the molecule is C1CCNNC1.COC(=O)C(C(=O)OC)c1c(C)cc(OCC(F)(F)F)cc1C.Cc1cc(OCC(F)(F)F)cc(C)c1-c1c(O)n2n(c1=O)CCCC2. The molecule has 1 saturated heterocycles. The van der Waals surface area contributed by atoms with Crippen LogP contribution in [0.25, 0.3) is 11.1 Å². The van der Waals surface area contributed by atoms with E-state index in [0.29, 0.717) is 46.5 Å². The van der Waals surface area contributed by atoms with E-state index >= 15 is 0 Å². The first kappa shape index (κ1) is 43.7. The van der Waals surface area contributed by atoms with Gasteiger partial charge in [-0.15, -0.1) is 0 Å². The Morgan fingerprint density at radius 3 is 1.46 bits per heavy atom. The predicted octanol–water partition coefficient (Wildman–Crippen LogP) is 5.92. The summed E-state index contributed by atoms with van der Waals surface area (Å²) in [7, 11) is 2.26. The van der Waals surface area contributed by atoms with Gasteiger partial charge in [0.25, 0.3) is 5.56 Å². The number of nitrogens with zero attached hydrogens (tertiary/aromatic N) is 2. The van der Waals surface area contributed by atoms with Gasteiger partial charge in [0, 0.05) is 26.2 Å². The van der Waals surface area contributed by atoms with E-state index in [0.717, 1.165) is 40.2 Å². The Morgan fingerprint density at radius 1 is 0.704 bits per heavy atom. The van der Waals surface area contributed by atoms with Crippen molar-refractivity contribution >= 4 is 11.9 Å². The van der Waals surface area contributed by atoms with Gasteiger partial charge in [-0.3, -0.25) is 29.9 Å². The van der Waals surface area contributed by atoms with Crippen LogP contribution in [0.3, 0.4) is 0 Å². The molecular formula is C36H46F6N4O8. The van der Waals surface area contributed by atoms with Crippen LogP contribution in [-0.2, 0) is 32.2 Å². The molecular weight excluding hydrogens is 730 g/mol. The third-order valence-electron chi connectivity index (χ3n) is 8.47. The van der Waals surface area contributed by atoms with Crippen molar-refractivity contribution in [2.24, 2.45) is 0 Å². The number of hydrogen-bond donors (Lipinski definition) is 3. The van der Waals surface area contributed by atoms with Crippen molar-refractivity contribution in [3.05, 3.63) is 62.4 Å². The number of hydrogen-bond acceptors (Lipinski definition) is 10. The van der Waals surface area contributed by atoms with Crippen LogP contribution in [-0.4, -0.2) is 79.3 Å². The van der Waals surface area contributed by atoms with Gasteiger partial charge in [0.05, 0.1) is 14.2 Å². The molecule has 1 fully saturated rings. The number of aromatic nitrogens is 2. The van der Waals surface area contributed by atoms with Crippen molar-refractivity contribution < 1.29 is 60.0 Å². The van der Waals surface area contributed by atoms with Crippen LogP contribution in [0.1, 0.15) is 59.4 Å². The molecule has 18 heteroatoms. The predicted molar refractivity (Wildman–Crippen MR) is 186 cm³/mol. The number of fused-ring (bicyclic) bond motifs is 1. The largest absolute Gasteiger partial charge is 0.493 e. The van der Waals surface area contributed by atoms with E-state index in [1.54, 1.807) is 32.4 Å². The lowest BCUT2D eigenvalue weighted by atomic mass is 9.90. The lowest BCUT2D eigenvalue weighted by molar-refractivity contribution is -0.155. The maximum absolute atomic E-state index is 12.7. The van der Waals surface area contributed by atoms with Gasteiger partial charge in [0.15, 0.2) is 19.1 Å². The van der Waals surface area contributed by atoms with E-state index in [4.69, 9.17) is 4.74 Å². The van der Waals surface area contributed by atoms with E-state index in [1.807, 2.05) is 0 Å². The Balaban J connectivity index is 0.000000252. The summed E-state index contributed by atoms with van der Waals surface area (Å²) in [6.07, 6.45) is -4.48. The molecule has 12 nitrogen and oxygen atoms in total. The molecule has 2 aromatic carbocycles. The fourth-order valence-electron chi connectivity index (χ4n) is 6.15. The number of ether oxygens (including phenoxy) is 4. The number of aromatic hydroxyl groups is 1. The summed E-state index contributed by atoms with van der Waals surface area (Å²) in [6, 6.07) is 5.56. The molecule has 3 aromatic rings. The van der Waals surface area contributed by atoms with Crippen molar-refractivity contribution in [3.8, 4) is 28.5 Å². The van der Waals surface area contributed by atoms with Gasteiger partial charge in [0.2, 0.25) is 5.88 Å². The van der Waals surface area contributed by atoms with Gasteiger partial charge in [-0.1, -0.05) is 0 Å². The van der Waals surface area contributed by atoms with Crippen LogP contribution in [0.2, 0.25) is 0 Å². The number of rotatable bonds is 8. The summed E-state index contributed by atoms with van der Waals surface area (Å²) >= 11 is 0. The van der Waals surface area contributed by atoms with E-state index in [2.05, 4.69) is 25.1 Å². The number of nitrogens with one attached hydrogen (secondary N) is 2. The number of aryl methyl sites for hydroxylation is 4. The maximum atomic E-state index is 12.7. The molecule has 3 heterocycles. The molecule has 2 aliphatic heterocycles. The zero-order chi connectivity index (χ0) is 40.4. The molecule has 0 unspecified atom stereocenters. The number of carbonyl (C=O) groups is 2. The summed E-state index contributed by atoms with van der Waals surface area (Å²) in [5.74, 6) is -2.95. The number of carbonyl (C=O) groups excluding carboxylic acids is 2. The fourth-order valence-corrected chi connectivity index (χ4v) is 6.15.